The molecular weight excluding hydrogens is 323 g/mol. The van der Waals surface area contributed by atoms with Crippen LogP contribution in [-0.4, -0.2) is 57.7 Å². The number of aliphatic hydroxyl groups excluding tert-OH is 4. The van der Waals surface area contributed by atoms with Gasteiger partial charge in [-0.05, 0) is 12.1 Å². The lowest BCUT2D eigenvalue weighted by atomic mass is 9.98. The Hall–Kier alpha value is -0.800. The number of aliphatic hydroxyl groups is 4. The first-order valence-electron chi connectivity index (χ1n) is 6.16. The van der Waals surface area contributed by atoms with Crippen molar-refractivity contribution in [3.05, 3.63) is 22.2 Å². The van der Waals surface area contributed by atoms with Crippen molar-refractivity contribution in [2.45, 2.75) is 30.6 Å². The predicted octanol–water partition coefficient (Wildman–Crippen LogP) is -0.213. The molecule has 1 fully saturated rings. The normalized spacial score (nSPS) is 33.0. The summed E-state index contributed by atoms with van der Waals surface area (Å²) >= 11 is 11.8. The molecule has 0 aliphatic carbocycles. The fourth-order valence-electron chi connectivity index (χ4n) is 2.05. The van der Waals surface area contributed by atoms with Crippen LogP contribution in [-0.2, 0) is 4.74 Å². The number of ether oxygens (including phenoxy) is 1. The van der Waals surface area contributed by atoms with Crippen LogP contribution < -0.4 is 11.1 Å². The third kappa shape index (κ3) is 3.35. The first kappa shape index (κ1) is 16.6. The van der Waals surface area contributed by atoms with Gasteiger partial charge in [-0.15, -0.1) is 0 Å². The summed E-state index contributed by atoms with van der Waals surface area (Å²) in [6.45, 7) is -0.508. The van der Waals surface area contributed by atoms with E-state index in [1.807, 2.05) is 0 Å². The van der Waals surface area contributed by atoms with Crippen LogP contribution >= 0.6 is 23.2 Å². The van der Waals surface area contributed by atoms with Crippen molar-refractivity contribution >= 4 is 34.6 Å². The Morgan fingerprint density at radius 1 is 1.10 bits per heavy atom. The molecule has 0 unspecified atom stereocenters. The molecular formula is C12H16Cl2N2O5. The standard InChI is InChI=1S/C12H16Cl2N2O5/c13-5-1-4(2-6(14)8(5)15)16-12-11(20)10(19)9(18)7(3-17)21-12/h1-2,7,9-12,16-20H,3,15H2/t7-,9-,10+,11-,12-/m1/s1. The molecule has 21 heavy (non-hydrogen) atoms. The van der Waals surface area contributed by atoms with E-state index in [0.717, 1.165) is 0 Å². The molecule has 7 nitrogen and oxygen atoms in total. The monoisotopic (exact) mass is 338 g/mol. The second kappa shape index (κ2) is 6.53. The minimum absolute atomic E-state index is 0.217. The van der Waals surface area contributed by atoms with E-state index in [-0.39, 0.29) is 15.7 Å². The second-order valence-corrected chi connectivity index (χ2v) is 5.56. The van der Waals surface area contributed by atoms with Gasteiger partial charge < -0.3 is 36.2 Å². The number of hydrogen-bond acceptors (Lipinski definition) is 7. The second-order valence-electron chi connectivity index (χ2n) is 4.75. The number of nitrogens with two attached hydrogens (primary N) is 1. The van der Waals surface area contributed by atoms with Gasteiger partial charge in [0, 0.05) is 5.69 Å². The van der Waals surface area contributed by atoms with Gasteiger partial charge in [0.25, 0.3) is 0 Å². The molecule has 1 saturated heterocycles. The summed E-state index contributed by atoms with van der Waals surface area (Å²) in [5.41, 5.74) is 6.24. The van der Waals surface area contributed by atoms with Gasteiger partial charge in [0.1, 0.15) is 24.4 Å². The Labute approximate surface area is 130 Å². The quantitative estimate of drug-likeness (QED) is 0.420. The molecule has 1 heterocycles. The summed E-state index contributed by atoms with van der Waals surface area (Å²) in [6, 6.07) is 2.95. The first-order valence-corrected chi connectivity index (χ1v) is 6.92. The van der Waals surface area contributed by atoms with Gasteiger partial charge in [-0.2, -0.15) is 0 Å². The molecule has 0 bridgehead atoms. The predicted molar refractivity (Wildman–Crippen MR) is 78.3 cm³/mol. The van der Waals surface area contributed by atoms with Crippen molar-refractivity contribution in [2.75, 3.05) is 17.7 Å². The van der Waals surface area contributed by atoms with Gasteiger partial charge >= 0.3 is 0 Å². The molecule has 1 aliphatic rings. The van der Waals surface area contributed by atoms with E-state index in [0.29, 0.717) is 5.69 Å². The zero-order valence-corrected chi connectivity index (χ0v) is 12.3. The van der Waals surface area contributed by atoms with Crippen molar-refractivity contribution in [1.82, 2.24) is 0 Å². The fraction of sp³-hybridized carbons (Fsp3) is 0.500. The molecule has 0 saturated carbocycles. The summed E-state index contributed by atoms with van der Waals surface area (Å²) < 4.78 is 5.31. The number of benzene rings is 1. The number of halogens is 2. The Morgan fingerprint density at radius 3 is 2.19 bits per heavy atom. The van der Waals surface area contributed by atoms with E-state index in [4.69, 9.17) is 38.8 Å². The van der Waals surface area contributed by atoms with Gasteiger partial charge in [0.05, 0.1) is 22.3 Å². The average molecular weight is 339 g/mol. The van der Waals surface area contributed by atoms with E-state index in [9.17, 15) is 15.3 Å². The molecule has 0 amide bonds. The summed E-state index contributed by atoms with van der Waals surface area (Å²) in [5, 5.41) is 41.6. The van der Waals surface area contributed by atoms with Crippen molar-refractivity contribution in [2.24, 2.45) is 0 Å². The van der Waals surface area contributed by atoms with E-state index in [1.165, 1.54) is 12.1 Å². The molecule has 1 aromatic rings. The fourth-order valence-corrected chi connectivity index (χ4v) is 2.54. The molecule has 5 atom stereocenters. The lowest BCUT2D eigenvalue weighted by molar-refractivity contribution is -0.221. The number of nitrogens with one attached hydrogen (secondary N) is 1. The smallest absolute Gasteiger partial charge is 0.157 e. The van der Waals surface area contributed by atoms with Gasteiger partial charge in [-0.25, -0.2) is 0 Å². The number of rotatable bonds is 3. The molecule has 118 valence electrons. The Balaban J connectivity index is 2.18. The highest BCUT2D eigenvalue weighted by atomic mass is 35.5. The van der Waals surface area contributed by atoms with E-state index < -0.39 is 37.3 Å². The summed E-state index contributed by atoms with van der Waals surface area (Å²) in [6.07, 6.45) is -6.34. The van der Waals surface area contributed by atoms with Crippen LogP contribution in [0.2, 0.25) is 10.0 Å². The average Bonchev–Trinajstić information content (AvgIpc) is 2.45. The Bertz CT molecular complexity index is 493. The topological polar surface area (TPSA) is 128 Å². The van der Waals surface area contributed by atoms with Crippen molar-refractivity contribution in [3.8, 4) is 0 Å². The SMILES string of the molecule is Nc1c(Cl)cc(N[C@@H]2O[C@H](CO)[C@@H](O)[C@H](O)[C@H]2O)cc1Cl. The Kier molecular flexibility index (Phi) is 5.15. The molecule has 2 rings (SSSR count). The minimum Gasteiger partial charge on any atom is -0.396 e. The molecule has 0 radical (unpaired) electrons. The Morgan fingerprint density at radius 2 is 1.67 bits per heavy atom. The highest BCUT2D eigenvalue weighted by Crippen LogP contribution is 2.32. The van der Waals surface area contributed by atoms with Crippen molar-refractivity contribution in [3.63, 3.8) is 0 Å². The van der Waals surface area contributed by atoms with Crippen molar-refractivity contribution < 1.29 is 25.2 Å². The molecule has 0 aromatic heterocycles. The minimum atomic E-state index is -1.46. The third-order valence-electron chi connectivity index (χ3n) is 3.28. The highest BCUT2D eigenvalue weighted by Gasteiger charge is 2.43. The van der Waals surface area contributed by atoms with Gasteiger partial charge in [0.15, 0.2) is 6.23 Å². The van der Waals surface area contributed by atoms with Gasteiger partial charge in [-0.3, -0.25) is 0 Å². The van der Waals surface area contributed by atoms with Crippen LogP contribution in [0, 0.1) is 0 Å². The lowest BCUT2D eigenvalue weighted by Gasteiger charge is -2.40. The zero-order valence-electron chi connectivity index (χ0n) is 10.8. The van der Waals surface area contributed by atoms with Crippen LogP contribution in [0.3, 0.4) is 0 Å². The third-order valence-corrected chi connectivity index (χ3v) is 3.91. The summed E-state index contributed by atoms with van der Waals surface area (Å²) in [7, 11) is 0. The van der Waals surface area contributed by atoms with Crippen LogP contribution in [0.5, 0.6) is 0 Å². The number of hydrogen-bond donors (Lipinski definition) is 6. The molecule has 9 heteroatoms. The largest absolute Gasteiger partial charge is 0.396 e. The number of nitrogen functional groups attached to an aromatic ring is 1. The van der Waals surface area contributed by atoms with Crippen LogP contribution in [0.1, 0.15) is 0 Å². The van der Waals surface area contributed by atoms with E-state index in [1.54, 1.807) is 0 Å². The van der Waals surface area contributed by atoms with Crippen LogP contribution in [0.15, 0.2) is 12.1 Å². The first-order chi connectivity index (χ1) is 9.85. The van der Waals surface area contributed by atoms with E-state index in [2.05, 4.69) is 5.32 Å². The van der Waals surface area contributed by atoms with E-state index >= 15 is 0 Å². The zero-order chi connectivity index (χ0) is 15.7. The molecule has 7 N–H and O–H groups in total. The highest BCUT2D eigenvalue weighted by molar-refractivity contribution is 6.39. The summed E-state index contributed by atoms with van der Waals surface area (Å²) in [5.74, 6) is 0. The molecule has 1 aliphatic heterocycles. The van der Waals surface area contributed by atoms with Crippen LogP contribution in [0.4, 0.5) is 11.4 Å². The maximum atomic E-state index is 9.91. The number of anilines is 2. The van der Waals surface area contributed by atoms with Gasteiger partial charge in [-0.1, -0.05) is 23.2 Å². The molecule has 0 spiro atoms. The van der Waals surface area contributed by atoms with Crippen molar-refractivity contribution in [1.29, 1.82) is 0 Å². The summed E-state index contributed by atoms with van der Waals surface area (Å²) in [4.78, 5) is 0. The van der Waals surface area contributed by atoms with Crippen LogP contribution in [0.25, 0.3) is 0 Å². The maximum absolute atomic E-state index is 9.91. The molecule has 1 aromatic carbocycles. The lowest BCUT2D eigenvalue weighted by Crippen LogP contribution is -2.60. The van der Waals surface area contributed by atoms with Gasteiger partial charge in [0.2, 0.25) is 0 Å². The maximum Gasteiger partial charge on any atom is 0.157 e.